The van der Waals surface area contributed by atoms with Crippen molar-refractivity contribution in [3.63, 3.8) is 0 Å². The molecule has 19 heavy (non-hydrogen) atoms. The third-order valence-corrected chi connectivity index (χ3v) is 4.47. The van der Waals surface area contributed by atoms with E-state index in [-0.39, 0.29) is 0 Å². The molecule has 1 aromatic rings. The predicted octanol–water partition coefficient (Wildman–Crippen LogP) is 3.39. The minimum Gasteiger partial charge on any atom is -0.468 e. The van der Waals surface area contributed by atoms with Crippen LogP contribution in [-0.4, -0.2) is 18.0 Å². The Morgan fingerprint density at radius 1 is 1.32 bits per heavy atom. The summed E-state index contributed by atoms with van der Waals surface area (Å²) in [5.74, 6) is 1.89. The van der Waals surface area contributed by atoms with E-state index in [1.807, 2.05) is 6.07 Å². The van der Waals surface area contributed by atoms with E-state index < -0.39 is 0 Å². The molecule has 0 amide bonds. The summed E-state index contributed by atoms with van der Waals surface area (Å²) in [7, 11) is 0. The van der Waals surface area contributed by atoms with Gasteiger partial charge in [-0.2, -0.15) is 0 Å². The standard InChI is InChI=1S/C16H28N2O/c1-16(2,3)14-5-4-8-18(9-6-14)12-15-13(11-17)7-10-19-15/h7,10,14H,4-6,8-9,11-12,17H2,1-3H3. The van der Waals surface area contributed by atoms with Gasteiger partial charge >= 0.3 is 0 Å². The molecule has 1 aliphatic heterocycles. The van der Waals surface area contributed by atoms with Crippen molar-refractivity contribution in [3.05, 3.63) is 23.7 Å². The van der Waals surface area contributed by atoms with Crippen LogP contribution < -0.4 is 5.73 Å². The van der Waals surface area contributed by atoms with Gasteiger partial charge in [0.15, 0.2) is 0 Å². The molecule has 1 fully saturated rings. The van der Waals surface area contributed by atoms with Crippen molar-refractivity contribution in [1.82, 2.24) is 4.90 Å². The monoisotopic (exact) mass is 264 g/mol. The first-order chi connectivity index (χ1) is 9.00. The summed E-state index contributed by atoms with van der Waals surface area (Å²) in [5, 5.41) is 0. The molecule has 1 aromatic heterocycles. The highest BCUT2D eigenvalue weighted by Crippen LogP contribution is 2.34. The van der Waals surface area contributed by atoms with Crippen molar-refractivity contribution in [1.29, 1.82) is 0 Å². The highest BCUT2D eigenvalue weighted by atomic mass is 16.3. The van der Waals surface area contributed by atoms with Crippen LogP contribution in [0.15, 0.2) is 16.7 Å². The Kier molecular flexibility index (Phi) is 4.69. The zero-order valence-electron chi connectivity index (χ0n) is 12.6. The second-order valence-electron chi connectivity index (χ2n) is 6.84. The van der Waals surface area contributed by atoms with E-state index in [0.29, 0.717) is 12.0 Å². The van der Waals surface area contributed by atoms with E-state index in [0.717, 1.165) is 23.8 Å². The van der Waals surface area contributed by atoms with Crippen LogP contribution in [0.3, 0.4) is 0 Å². The third-order valence-electron chi connectivity index (χ3n) is 4.47. The van der Waals surface area contributed by atoms with Crippen LogP contribution in [0.1, 0.15) is 51.4 Å². The Morgan fingerprint density at radius 2 is 2.11 bits per heavy atom. The summed E-state index contributed by atoms with van der Waals surface area (Å²) in [4.78, 5) is 2.52. The summed E-state index contributed by atoms with van der Waals surface area (Å²) >= 11 is 0. The number of nitrogens with zero attached hydrogens (tertiary/aromatic N) is 1. The van der Waals surface area contributed by atoms with Gasteiger partial charge in [0.25, 0.3) is 0 Å². The molecule has 0 saturated carbocycles. The van der Waals surface area contributed by atoms with Crippen LogP contribution in [-0.2, 0) is 13.1 Å². The van der Waals surface area contributed by atoms with Crippen LogP contribution in [0.25, 0.3) is 0 Å². The summed E-state index contributed by atoms with van der Waals surface area (Å²) in [5.41, 5.74) is 7.31. The van der Waals surface area contributed by atoms with Gasteiger partial charge in [-0.05, 0) is 49.8 Å². The second kappa shape index (κ2) is 6.10. The van der Waals surface area contributed by atoms with E-state index >= 15 is 0 Å². The van der Waals surface area contributed by atoms with Crippen LogP contribution in [0, 0.1) is 11.3 Å². The average Bonchev–Trinajstić information content (AvgIpc) is 2.63. The van der Waals surface area contributed by atoms with E-state index in [1.165, 1.54) is 32.4 Å². The molecule has 2 rings (SSSR count). The van der Waals surface area contributed by atoms with Crippen molar-refractivity contribution in [2.75, 3.05) is 13.1 Å². The zero-order chi connectivity index (χ0) is 13.9. The first-order valence-electron chi connectivity index (χ1n) is 7.48. The SMILES string of the molecule is CC(C)(C)C1CCCN(Cc2occc2CN)CC1. The Labute approximate surface area is 117 Å². The van der Waals surface area contributed by atoms with Gasteiger partial charge in [0.05, 0.1) is 12.8 Å². The summed E-state index contributed by atoms with van der Waals surface area (Å²) in [6.07, 6.45) is 5.69. The molecule has 1 aliphatic rings. The molecule has 0 bridgehead atoms. The molecular formula is C16H28N2O. The number of hydrogen-bond donors (Lipinski definition) is 1. The Hall–Kier alpha value is -0.800. The molecule has 0 aliphatic carbocycles. The highest BCUT2D eigenvalue weighted by Gasteiger charge is 2.27. The fourth-order valence-corrected chi connectivity index (χ4v) is 3.07. The van der Waals surface area contributed by atoms with Crippen molar-refractivity contribution < 1.29 is 4.42 Å². The van der Waals surface area contributed by atoms with Gasteiger partial charge in [-0.1, -0.05) is 20.8 Å². The normalized spacial score (nSPS) is 22.4. The van der Waals surface area contributed by atoms with Gasteiger partial charge in [0, 0.05) is 12.1 Å². The number of rotatable bonds is 3. The quantitative estimate of drug-likeness (QED) is 0.910. The molecule has 1 atom stereocenters. The van der Waals surface area contributed by atoms with E-state index in [2.05, 4.69) is 25.7 Å². The van der Waals surface area contributed by atoms with Gasteiger partial charge in [-0.25, -0.2) is 0 Å². The molecule has 2 N–H and O–H groups in total. The average molecular weight is 264 g/mol. The first kappa shape index (κ1) is 14.6. The van der Waals surface area contributed by atoms with E-state index in [4.69, 9.17) is 10.2 Å². The summed E-state index contributed by atoms with van der Waals surface area (Å²) < 4.78 is 5.57. The fraction of sp³-hybridized carbons (Fsp3) is 0.750. The maximum absolute atomic E-state index is 5.73. The predicted molar refractivity (Wildman–Crippen MR) is 78.7 cm³/mol. The van der Waals surface area contributed by atoms with Crippen LogP contribution in [0.4, 0.5) is 0 Å². The van der Waals surface area contributed by atoms with E-state index in [1.54, 1.807) is 6.26 Å². The number of furan rings is 1. The molecule has 2 heterocycles. The Morgan fingerprint density at radius 3 is 2.79 bits per heavy atom. The smallest absolute Gasteiger partial charge is 0.122 e. The van der Waals surface area contributed by atoms with Gasteiger partial charge in [-0.15, -0.1) is 0 Å². The number of hydrogen-bond acceptors (Lipinski definition) is 3. The van der Waals surface area contributed by atoms with E-state index in [9.17, 15) is 0 Å². The lowest BCUT2D eigenvalue weighted by Crippen LogP contribution is -2.26. The minimum absolute atomic E-state index is 0.434. The number of likely N-dealkylation sites (tertiary alicyclic amines) is 1. The van der Waals surface area contributed by atoms with Crippen LogP contribution in [0.2, 0.25) is 0 Å². The molecular weight excluding hydrogens is 236 g/mol. The molecule has 0 aromatic carbocycles. The zero-order valence-corrected chi connectivity index (χ0v) is 12.6. The largest absolute Gasteiger partial charge is 0.468 e. The second-order valence-corrected chi connectivity index (χ2v) is 6.84. The molecule has 1 unspecified atom stereocenters. The van der Waals surface area contributed by atoms with Gasteiger partial charge in [-0.3, -0.25) is 4.90 Å². The molecule has 3 heteroatoms. The van der Waals surface area contributed by atoms with Crippen molar-refractivity contribution in [3.8, 4) is 0 Å². The van der Waals surface area contributed by atoms with Crippen molar-refractivity contribution >= 4 is 0 Å². The van der Waals surface area contributed by atoms with Crippen molar-refractivity contribution in [2.45, 2.75) is 53.1 Å². The lowest BCUT2D eigenvalue weighted by Gasteiger charge is -2.29. The Bertz CT molecular complexity index is 392. The fourth-order valence-electron chi connectivity index (χ4n) is 3.07. The van der Waals surface area contributed by atoms with Gasteiger partial charge in [0.1, 0.15) is 5.76 Å². The molecule has 108 valence electrons. The maximum Gasteiger partial charge on any atom is 0.122 e. The minimum atomic E-state index is 0.434. The van der Waals surface area contributed by atoms with Crippen molar-refractivity contribution in [2.24, 2.45) is 17.1 Å². The van der Waals surface area contributed by atoms with Crippen LogP contribution in [0.5, 0.6) is 0 Å². The topological polar surface area (TPSA) is 42.4 Å². The van der Waals surface area contributed by atoms with Gasteiger partial charge < -0.3 is 10.2 Å². The van der Waals surface area contributed by atoms with Crippen LogP contribution >= 0.6 is 0 Å². The molecule has 0 radical (unpaired) electrons. The molecule has 0 spiro atoms. The highest BCUT2D eigenvalue weighted by molar-refractivity contribution is 5.16. The third kappa shape index (κ3) is 3.83. The summed E-state index contributed by atoms with van der Waals surface area (Å²) in [6.45, 7) is 10.9. The molecule has 3 nitrogen and oxygen atoms in total. The molecule has 1 saturated heterocycles. The van der Waals surface area contributed by atoms with Gasteiger partial charge in [0.2, 0.25) is 0 Å². The number of nitrogens with two attached hydrogens (primary N) is 1. The first-order valence-corrected chi connectivity index (χ1v) is 7.48. The maximum atomic E-state index is 5.73. The summed E-state index contributed by atoms with van der Waals surface area (Å²) in [6, 6.07) is 1.99. The lowest BCUT2D eigenvalue weighted by atomic mass is 9.77. The lowest BCUT2D eigenvalue weighted by molar-refractivity contribution is 0.202. The Balaban J connectivity index is 1.93.